The summed E-state index contributed by atoms with van der Waals surface area (Å²) in [6.07, 6.45) is 1.40. The van der Waals surface area contributed by atoms with Crippen LogP contribution in [0.25, 0.3) is 17.3 Å². The zero-order valence-electron chi connectivity index (χ0n) is 6.66. The third-order valence-corrected chi connectivity index (χ3v) is 1.99. The molecular weight excluding hydrogens is 190 g/mol. The lowest BCUT2D eigenvalue weighted by Crippen LogP contribution is -2.06. The normalized spacial score (nSPS) is 10.5. The highest BCUT2D eigenvalue weighted by Gasteiger charge is 2.05. The fraction of sp³-hybridized carbons (Fsp3) is 0. The monoisotopic (exact) mass is 195 g/mol. The van der Waals surface area contributed by atoms with E-state index in [1.54, 1.807) is 18.2 Å². The summed E-state index contributed by atoms with van der Waals surface area (Å²) < 4.78 is 6.25. The first-order valence-electron chi connectivity index (χ1n) is 3.65. The van der Waals surface area contributed by atoms with Crippen molar-refractivity contribution in [3.8, 4) is 0 Å². The van der Waals surface area contributed by atoms with Crippen molar-refractivity contribution in [3.63, 3.8) is 0 Å². The van der Waals surface area contributed by atoms with Gasteiger partial charge in [-0.3, -0.25) is 0 Å². The quantitative estimate of drug-likeness (QED) is 0.700. The third kappa shape index (κ3) is 1.17. The number of aromatic nitrogens is 1. The van der Waals surface area contributed by atoms with Crippen molar-refractivity contribution < 1.29 is 4.42 Å². The van der Waals surface area contributed by atoms with Gasteiger partial charge >= 0.3 is 5.76 Å². The summed E-state index contributed by atoms with van der Waals surface area (Å²) in [4.78, 5) is 11.2. The minimum absolute atomic E-state index is 0.452. The van der Waals surface area contributed by atoms with Gasteiger partial charge < -0.3 is 4.42 Å². The Morgan fingerprint density at radius 3 is 3.00 bits per heavy atom. The summed E-state index contributed by atoms with van der Waals surface area (Å²) >= 11 is 5.73. The van der Waals surface area contributed by atoms with Crippen LogP contribution in [0.2, 0.25) is 5.02 Å². The van der Waals surface area contributed by atoms with Gasteiger partial charge in [0.2, 0.25) is 0 Å². The molecule has 0 aliphatic heterocycles. The smallest absolute Gasteiger partial charge is 0.407 e. The summed E-state index contributed by atoms with van der Waals surface area (Å²) in [7, 11) is 0. The van der Waals surface area contributed by atoms with E-state index in [1.807, 2.05) is 0 Å². The molecule has 0 saturated heterocycles. The number of nitrogens with zero attached hydrogens (tertiary/aromatic N) is 1. The van der Waals surface area contributed by atoms with Crippen LogP contribution in [0.3, 0.4) is 0 Å². The Bertz CT molecular complexity index is 524. The molecule has 0 amide bonds. The van der Waals surface area contributed by atoms with Crippen molar-refractivity contribution >= 4 is 28.9 Å². The first-order chi connectivity index (χ1) is 6.22. The van der Waals surface area contributed by atoms with Gasteiger partial charge in [0.05, 0.1) is 5.52 Å². The molecule has 2 rings (SSSR count). The van der Waals surface area contributed by atoms with Gasteiger partial charge in [-0.25, -0.2) is 9.36 Å². The van der Waals surface area contributed by atoms with E-state index < -0.39 is 5.76 Å². The van der Waals surface area contributed by atoms with E-state index in [0.29, 0.717) is 16.1 Å². The molecule has 0 saturated carbocycles. The molecule has 0 radical (unpaired) electrons. The molecule has 0 unspecified atom stereocenters. The second-order valence-electron chi connectivity index (χ2n) is 2.53. The highest BCUT2D eigenvalue weighted by molar-refractivity contribution is 6.31. The van der Waals surface area contributed by atoms with Crippen molar-refractivity contribution in [2.45, 2.75) is 0 Å². The number of hydrogen-bond acceptors (Lipinski definition) is 2. The Balaban J connectivity index is 2.94. The van der Waals surface area contributed by atoms with E-state index in [9.17, 15) is 4.79 Å². The molecule has 3 nitrogen and oxygen atoms in total. The van der Waals surface area contributed by atoms with Crippen LogP contribution in [0.4, 0.5) is 0 Å². The van der Waals surface area contributed by atoms with Gasteiger partial charge in [-0.05, 0) is 12.1 Å². The topological polar surface area (TPSA) is 35.1 Å². The summed E-state index contributed by atoms with van der Waals surface area (Å²) in [6, 6.07) is 5.00. The van der Waals surface area contributed by atoms with Gasteiger partial charge in [0.15, 0.2) is 5.58 Å². The molecule has 0 aliphatic carbocycles. The number of fused-ring (bicyclic) bond motifs is 1. The molecule has 1 aromatic heterocycles. The molecule has 2 aromatic rings. The van der Waals surface area contributed by atoms with E-state index >= 15 is 0 Å². The van der Waals surface area contributed by atoms with Gasteiger partial charge in [0, 0.05) is 17.3 Å². The molecule has 0 fully saturated rings. The summed E-state index contributed by atoms with van der Waals surface area (Å²) in [5, 5.41) is 0.539. The highest BCUT2D eigenvalue weighted by Crippen LogP contribution is 2.18. The highest BCUT2D eigenvalue weighted by atomic mass is 35.5. The zero-order valence-corrected chi connectivity index (χ0v) is 7.41. The molecule has 4 heteroatoms. The van der Waals surface area contributed by atoms with Crippen molar-refractivity contribution in [1.82, 2.24) is 4.57 Å². The number of benzene rings is 1. The van der Waals surface area contributed by atoms with Crippen LogP contribution in [0.15, 0.2) is 34.0 Å². The summed E-state index contributed by atoms with van der Waals surface area (Å²) in [5.74, 6) is -0.452. The van der Waals surface area contributed by atoms with Crippen molar-refractivity contribution in [1.29, 1.82) is 0 Å². The van der Waals surface area contributed by atoms with Gasteiger partial charge in [0.1, 0.15) is 0 Å². The largest absolute Gasteiger partial charge is 0.424 e. The Hall–Kier alpha value is -1.48. The molecular formula is C9H6ClNO2. The van der Waals surface area contributed by atoms with Crippen LogP contribution in [0, 0.1) is 0 Å². The first-order valence-corrected chi connectivity index (χ1v) is 4.03. The third-order valence-electron chi connectivity index (χ3n) is 1.76. The zero-order chi connectivity index (χ0) is 9.42. The lowest BCUT2D eigenvalue weighted by atomic mass is 10.3. The average molecular weight is 196 g/mol. The molecule has 0 N–H and O–H groups in total. The van der Waals surface area contributed by atoms with Crippen LogP contribution in [-0.4, -0.2) is 4.57 Å². The van der Waals surface area contributed by atoms with E-state index in [1.165, 1.54) is 10.8 Å². The minimum Gasteiger partial charge on any atom is -0.407 e. The maximum Gasteiger partial charge on any atom is 0.424 e. The predicted molar refractivity (Wildman–Crippen MR) is 51.9 cm³/mol. The average Bonchev–Trinajstić information content (AvgIpc) is 2.39. The molecule has 0 spiro atoms. The number of oxazole rings is 1. The Kier molecular flexibility index (Phi) is 1.74. The molecule has 1 aromatic carbocycles. The Labute approximate surface area is 78.8 Å². The first kappa shape index (κ1) is 8.13. The second kappa shape index (κ2) is 2.78. The van der Waals surface area contributed by atoms with Crippen molar-refractivity contribution in [3.05, 3.63) is 40.4 Å². The second-order valence-corrected chi connectivity index (χ2v) is 2.97. The molecule has 1 heterocycles. The maximum atomic E-state index is 11.2. The van der Waals surface area contributed by atoms with Crippen molar-refractivity contribution in [2.75, 3.05) is 0 Å². The van der Waals surface area contributed by atoms with Gasteiger partial charge in [-0.1, -0.05) is 18.2 Å². The molecule has 13 heavy (non-hydrogen) atoms. The van der Waals surface area contributed by atoms with Crippen molar-refractivity contribution in [2.24, 2.45) is 0 Å². The van der Waals surface area contributed by atoms with Crippen LogP contribution >= 0.6 is 11.6 Å². The Morgan fingerprint density at radius 2 is 2.31 bits per heavy atom. The lowest BCUT2D eigenvalue weighted by molar-refractivity contribution is 0.544. The van der Waals surface area contributed by atoms with Crippen LogP contribution in [-0.2, 0) is 0 Å². The van der Waals surface area contributed by atoms with Crippen LogP contribution in [0.1, 0.15) is 0 Å². The molecule has 66 valence electrons. The molecule has 0 bridgehead atoms. The summed E-state index contributed by atoms with van der Waals surface area (Å²) in [5.41, 5.74) is 1.14. The fourth-order valence-electron chi connectivity index (χ4n) is 1.18. The number of rotatable bonds is 1. The number of halogens is 1. The van der Waals surface area contributed by atoms with Gasteiger partial charge in [0.25, 0.3) is 0 Å². The van der Waals surface area contributed by atoms with E-state index in [-0.39, 0.29) is 0 Å². The van der Waals surface area contributed by atoms with Gasteiger partial charge in [-0.15, -0.1) is 0 Å². The van der Waals surface area contributed by atoms with E-state index in [4.69, 9.17) is 16.0 Å². The maximum absolute atomic E-state index is 11.2. The standard InChI is InChI=1S/C9H6ClNO2/c1-2-11-7-4-3-6(10)5-8(7)13-9(11)12/h2-5H,1H2. The lowest BCUT2D eigenvalue weighted by Gasteiger charge is -1.91. The molecule has 0 atom stereocenters. The summed E-state index contributed by atoms with van der Waals surface area (Å²) in [6.45, 7) is 3.51. The number of hydrogen-bond donors (Lipinski definition) is 0. The predicted octanol–water partition coefficient (Wildman–Crippen LogP) is 2.35. The van der Waals surface area contributed by atoms with Crippen LogP contribution < -0.4 is 5.76 Å². The Morgan fingerprint density at radius 1 is 1.54 bits per heavy atom. The van der Waals surface area contributed by atoms with Gasteiger partial charge in [-0.2, -0.15) is 0 Å². The SMILES string of the molecule is C=Cn1c(=O)oc2cc(Cl)ccc21. The molecule has 0 aliphatic rings. The van der Waals surface area contributed by atoms with E-state index in [2.05, 4.69) is 6.58 Å². The fourth-order valence-corrected chi connectivity index (χ4v) is 1.35. The van der Waals surface area contributed by atoms with Crippen LogP contribution in [0.5, 0.6) is 0 Å². The van der Waals surface area contributed by atoms with E-state index in [0.717, 1.165) is 0 Å². The minimum atomic E-state index is -0.452.